The molecule has 8 aromatic rings. The lowest BCUT2D eigenvalue weighted by Crippen LogP contribution is -2.73. The van der Waals surface area contributed by atoms with Crippen LogP contribution in [0.2, 0.25) is 0 Å². The number of hydrogen-bond donors (Lipinski definition) is 0. The van der Waals surface area contributed by atoms with E-state index < -0.39 is 0 Å². The van der Waals surface area contributed by atoms with E-state index in [0.717, 1.165) is 28.7 Å². The SMILES string of the molecule is c1ccc(N2c3cccc4c3B3c5c2cccc5N2c5cccc6c5B(c5ccccc5O6)c5cc6c(c3c52)N4c2cccc3c2B6c2ccccc2O3)cc1. The molecule has 7 aliphatic heterocycles. The molecule has 5 nitrogen and oxygen atoms in total. The Bertz CT molecular complexity index is 2980. The molecule has 0 saturated carbocycles. The molecule has 56 heavy (non-hydrogen) atoms. The van der Waals surface area contributed by atoms with Gasteiger partial charge in [-0.05, 0) is 122 Å². The van der Waals surface area contributed by atoms with E-state index in [9.17, 15) is 0 Å². The summed E-state index contributed by atoms with van der Waals surface area (Å²) in [4.78, 5) is 7.68. The van der Waals surface area contributed by atoms with Gasteiger partial charge in [0.1, 0.15) is 23.0 Å². The molecule has 0 bridgehead atoms. The summed E-state index contributed by atoms with van der Waals surface area (Å²) in [6.45, 7) is 0.0398. The van der Waals surface area contributed by atoms with Crippen LogP contribution in [0.1, 0.15) is 0 Å². The Morgan fingerprint density at radius 1 is 0.304 bits per heavy atom. The predicted molar refractivity (Wildman–Crippen MR) is 231 cm³/mol. The van der Waals surface area contributed by atoms with Crippen LogP contribution in [-0.4, -0.2) is 20.1 Å². The topological polar surface area (TPSA) is 28.2 Å². The average Bonchev–Trinajstić information content (AvgIpc) is 3.25. The highest BCUT2D eigenvalue weighted by Gasteiger charge is 2.56. The maximum atomic E-state index is 6.79. The third-order valence-corrected chi connectivity index (χ3v) is 13.4. The molecule has 254 valence electrons. The summed E-state index contributed by atoms with van der Waals surface area (Å²) in [6.07, 6.45) is 0. The maximum Gasteiger partial charge on any atom is 0.257 e. The van der Waals surface area contributed by atoms with Crippen LogP contribution >= 0.6 is 0 Å². The van der Waals surface area contributed by atoms with Gasteiger partial charge in [-0.15, -0.1) is 0 Å². The molecular weight excluding hydrogens is 683 g/mol. The minimum atomic E-state index is 0.00454. The molecule has 15 rings (SSSR count). The maximum absolute atomic E-state index is 6.79. The van der Waals surface area contributed by atoms with Crippen LogP contribution in [0.15, 0.2) is 158 Å². The molecule has 8 aromatic carbocycles. The van der Waals surface area contributed by atoms with Crippen molar-refractivity contribution in [2.75, 3.05) is 14.7 Å². The normalized spacial score (nSPS) is 15.2. The second-order valence-electron chi connectivity index (χ2n) is 15.9. The van der Waals surface area contributed by atoms with Crippen LogP contribution in [0.5, 0.6) is 23.0 Å². The van der Waals surface area contributed by atoms with E-state index in [4.69, 9.17) is 9.47 Å². The van der Waals surface area contributed by atoms with Gasteiger partial charge in [-0.2, -0.15) is 0 Å². The smallest absolute Gasteiger partial charge is 0.257 e. The van der Waals surface area contributed by atoms with Crippen LogP contribution in [0.3, 0.4) is 0 Å². The Balaban J connectivity index is 1.16. The van der Waals surface area contributed by atoms with E-state index in [-0.39, 0.29) is 20.1 Å². The van der Waals surface area contributed by atoms with Gasteiger partial charge in [-0.25, -0.2) is 0 Å². The number of hydrogen-bond acceptors (Lipinski definition) is 5. The van der Waals surface area contributed by atoms with Crippen molar-refractivity contribution in [3.63, 3.8) is 0 Å². The van der Waals surface area contributed by atoms with Crippen molar-refractivity contribution >= 4 is 120 Å². The van der Waals surface area contributed by atoms with Gasteiger partial charge in [0.2, 0.25) is 0 Å². The van der Waals surface area contributed by atoms with Crippen LogP contribution in [0.4, 0.5) is 51.2 Å². The first-order valence-electron chi connectivity index (χ1n) is 19.5. The number of ether oxygens (including phenoxy) is 2. The van der Waals surface area contributed by atoms with Crippen molar-refractivity contribution in [2.45, 2.75) is 0 Å². The first-order valence-corrected chi connectivity index (χ1v) is 19.5. The molecule has 0 atom stereocenters. The first-order chi connectivity index (χ1) is 27.8. The van der Waals surface area contributed by atoms with E-state index in [1.54, 1.807) is 0 Å². The van der Waals surface area contributed by atoms with E-state index in [1.807, 2.05) is 0 Å². The lowest BCUT2D eigenvalue weighted by Gasteiger charge is -2.54. The molecule has 0 N–H and O–H groups in total. The molecule has 0 spiro atoms. The number of nitrogens with zero attached hydrogens (tertiary/aromatic N) is 3. The molecule has 0 aromatic heterocycles. The second-order valence-corrected chi connectivity index (χ2v) is 15.9. The summed E-state index contributed by atoms with van der Waals surface area (Å²) >= 11 is 0. The van der Waals surface area contributed by atoms with Gasteiger partial charge < -0.3 is 24.2 Å². The monoisotopic (exact) mass is 709 g/mol. The van der Waals surface area contributed by atoms with Gasteiger partial charge in [-0.3, -0.25) is 0 Å². The summed E-state index contributed by atoms with van der Waals surface area (Å²) in [5.41, 5.74) is 22.7. The lowest BCUT2D eigenvalue weighted by molar-refractivity contribution is 0.487. The van der Waals surface area contributed by atoms with E-state index in [2.05, 4.69) is 172 Å². The van der Waals surface area contributed by atoms with Gasteiger partial charge >= 0.3 is 0 Å². The fraction of sp³-hybridized carbons (Fsp3) is 0. The van der Waals surface area contributed by atoms with Crippen LogP contribution in [0, 0.1) is 0 Å². The number of rotatable bonds is 1. The molecule has 7 aliphatic rings. The van der Waals surface area contributed by atoms with Crippen molar-refractivity contribution in [1.82, 2.24) is 0 Å². The first kappa shape index (κ1) is 28.4. The zero-order valence-electron chi connectivity index (χ0n) is 29.9. The van der Waals surface area contributed by atoms with Crippen molar-refractivity contribution < 1.29 is 9.47 Å². The van der Waals surface area contributed by atoms with Crippen molar-refractivity contribution in [1.29, 1.82) is 0 Å². The summed E-state index contributed by atoms with van der Waals surface area (Å²) < 4.78 is 13.6. The van der Waals surface area contributed by atoms with Gasteiger partial charge in [0.25, 0.3) is 20.1 Å². The Labute approximate surface area is 324 Å². The lowest BCUT2D eigenvalue weighted by atomic mass is 9.25. The molecule has 7 heterocycles. The fourth-order valence-corrected chi connectivity index (χ4v) is 11.6. The number of anilines is 9. The largest absolute Gasteiger partial charge is 0.458 e. The molecule has 0 fully saturated rings. The predicted octanol–water partition coefficient (Wildman–Crippen LogP) is 5.42. The highest BCUT2D eigenvalue weighted by Crippen LogP contribution is 2.52. The molecular formula is C48H26B3N3O2. The molecule has 0 unspecified atom stereocenters. The Morgan fingerprint density at radius 2 is 0.714 bits per heavy atom. The summed E-state index contributed by atoms with van der Waals surface area (Å²) in [5, 5.41) is 0. The Morgan fingerprint density at radius 3 is 1.23 bits per heavy atom. The highest BCUT2D eigenvalue weighted by molar-refractivity contribution is 7.08. The van der Waals surface area contributed by atoms with Crippen molar-refractivity contribution in [2.24, 2.45) is 0 Å². The van der Waals surface area contributed by atoms with Crippen LogP contribution in [0.25, 0.3) is 0 Å². The highest BCUT2D eigenvalue weighted by atomic mass is 16.5. The minimum absolute atomic E-state index is 0.00454. The third-order valence-electron chi connectivity index (χ3n) is 13.4. The standard InChI is InChI=1S/C48H26B3N3O2/c1-2-12-27(13-3-1)52-32-16-8-18-34-42(32)51-43-33(52)17-9-19-35(43)54-37-21-11-25-41-45(37)50(29-15-5-7-23-39(29)56-41)31-26-30-47(46(51)48(31)54)53(34)36-20-10-24-40-44(36)49(30)28-14-4-6-22-38(28)55-40/h1-26H. The third kappa shape index (κ3) is 3.10. The van der Waals surface area contributed by atoms with Gasteiger partial charge in [0.15, 0.2) is 0 Å². The Hall–Kier alpha value is -7.05. The quantitative estimate of drug-likeness (QED) is 0.213. The minimum Gasteiger partial charge on any atom is -0.458 e. The number of fused-ring (bicyclic) bond motifs is 10. The van der Waals surface area contributed by atoms with E-state index in [1.165, 1.54) is 94.7 Å². The second kappa shape index (κ2) is 9.60. The van der Waals surface area contributed by atoms with E-state index >= 15 is 0 Å². The van der Waals surface area contributed by atoms with Crippen LogP contribution < -0.4 is 73.3 Å². The summed E-state index contributed by atoms with van der Waals surface area (Å²) in [5.74, 6) is 3.72. The molecule has 0 saturated heterocycles. The van der Waals surface area contributed by atoms with E-state index in [0.29, 0.717) is 0 Å². The zero-order valence-corrected chi connectivity index (χ0v) is 29.9. The zero-order chi connectivity index (χ0) is 36.0. The molecule has 8 heteroatoms. The summed E-state index contributed by atoms with van der Waals surface area (Å²) in [7, 11) is 0. The van der Waals surface area contributed by atoms with Crippen LogP contribution in [-0.2, 0) is 0 Å². The van der Waals surface area contributed by atoms with Gasteiger partial charge in [0.05, 0.1) is 0 Å². The molecule has 0 radical (unpaired) electrons. The van der Waals surface area contributed by atoms with Gasteiger partial charge in [0, 0.05) is 51.2 Å². The van der Waals surface area contributed by atoms with Crippen molar-refractivity contribution in [3.05, 3.63) is 158 Å². The van der Waals surface area contributed by atoms with Gasteiger partial charge in [-0.1, -0.05) is 84.9 Å². The summed E-state index contributed by atoms with van der Waals surface area (Å²) in [6, 6.07) is 57.9. The average molecular weight is 709 g/mol. The number of para-hydroxylation sites is 3. The fourth-order valence-electron chi connectivity index (χ4n) is 11.6. The number of benzene rings is 8. The van der Waals surface area contributed by atoms with Crippen molar-refractivity contribution in [3.8, 4) is 23.0 Å². The Kier molecular flexibility index (Phi) is 4.87. The molecule has 0 amide bonds. The molecule has 0 aliphatic carbocycles.